The van der Waals surface area contributed by atoms with Crippen LogP contribution in [-0.2, 0) is 4.43 Å². The number of hydrogen-bond donors (Lipinski definition) is 1. The van der Waals surface area contributed by atoms with Crippen LogP contribution in [0.15, 0.2) is 0 Å². The number of nitrogens with one attached hydrogen (secondary N) is 1. The van der Waals surface area contributed by atoms with E-state index in [4.69, 9.17) is 4.43 Å². The normalized spacial score (nSPS) is 11.2. The largest absolute Gasteiger partial charge is 0.412 e. The summed E-state index contributed by atoms with van der Waals surface area (Å²) in [5.41, 5.74) is 0. The number of unbranched alkanes of at least 4 members (excludes halogenated alkanes) is 1. The van der Waals surface area contributed by atoms with Gasteiger partial charge in [-0.1, -0.05) is 13.3 Å². The van der Waals surface area contributed by atoms with Crippen LogP contribution in [0.25, 0.3) is 0 Å². The summed E-state index contributed by atoms with van der Waals surface area (Å²) in [6.07, 6.45) is 2.54. The molecular formula is C5H15NOSi. The molecule has 0 aliphatic heterocycles. The van der Waals surface area contributed by atoms with Crippen molar-refractivity contribution in [1.29, 1.82) is 0 Å². The van der Waals surface area contributed by atoms with Gasteiger partial charge in [-0.25, -0.2) is 0 Å². The molecule has 1 N–H and O–H groups in total. The van der Waals surface area contributed by atoms with Crippen LogP contribution < -0.4 is 4.98 Å². The minimum atomic E-state index is -0.349. The van der Waals surface area contributed by atoms with Gasteiger partial charge in [0.05, 0.1) is 0 Å². The molecular weight excluding hydrogens is 118 g/mol. The van der Waals surface area contributed by atoms with Gasteiger partial charge in [0, 0.05) is 7.11 Å². The summed E-state index contributed by atoms with van der Waals surface area (Å²) >= 11 is 0. The lowest BCUT2D eigenvalue weighted by Gasteiger charge is -1.98. The molecule has 0 amide bonds. The quantitative estimate of drug-likeness (QED) is 0.422. The minimum Gasteiger partial charge on any atom is -0.412 e. The van der Waals surface area contributed by atoms with Crippen LogP contribution in [-0.4, -0.2) is 23.6 Å². The first kappa shape index (κ1) is 8.14. The monoisotopic (exact) mass is 133 g/mol. The first-order valence-corrected chi connectivity index (χ1v) is 4.40. The van der Waals surface area contributed by atoms with E-state index >= 15 is 0 Å². The molecule has 0 radical (unpaired) electrons. The molecule has 0 fully saturated rings. The van der Waals surface area contributed by atoms with Gasteiger partial charge in [0.15, 0.2) is 0 Å². The van der Waals surface area contributed by atoms with Gasteiger partial charge in [0.25, 0.3) is 0 Å². The van der Waals surface area contributed by atoms with Crippen molar-refractivity contribution in [1.82, 2.24) is 4.98 Å². The molecule has 2 nitrogen and oxygen atoms in total. The Morgan fingerprint density at radius 3 is 2.88 bits per heavy atom. The molecule has 0 aromatic heterocycles. The lowest BCUT2D eigenvalue weighted by Crippen LogP contribution is -2.21. The highest BCUT2D eigenvalue weighted by molar-refractivity contribution is 6.23. The van der Waals surface area contributed by atoms with Crippen molar-refractivity contribution in [2.75, 3.05) is 13.7 Å². The van der Waals surface area contributed by atoms with E-state index in [1.54, 1.807) is 7.11 Å². The van der Waals surface area contributed by atoms with Crippen molar-refractivity contribution >= 4 is 9.92 Å². The van der Waals surface area contributed by atoms with Crippen molar-refractivity contribution in [3.05, 3.63) is 0 Å². The Morgan fingerprint density at radius 1 is 1.62 bits per heavy atom. The predicted molar refractivity (Wildman–Crippen MR) is 38.5 cm³/mol. The maximum absolute atomic E-state index is 4.92. The fraction of sp³-hybridized carbons (Fsp3) is 1.00. The van der Waals surface area contributed by atoms with E-state index in [1.165, 1.54) is 12.8 Å². The summed E-state index contributed by atoms with van der Waals surface area (Å²) in [4.78, 5) is 3.25. The third-order valence-electron chi connectivity index (χ3n) is 0.954. The molecule has 0 saturated carbocycles. The average Bonchev–Trinajstić information content (AvgIpc) is 1.81. The van der Waals surface area contributed by atoms with E-state index in [2.05, 4.69) is 11.9 Å². The topological polar surface area (TPSA) is 21.3 Å². The zero-order valence-corrected chi connectivity index (χ0v) is 7.15. The standard InChI is InChI=1S/C5H15NOSi/c1-3-4-5-6-8-7-2/h6H,3-5,8H2,1-2H3. The van der Waals surface area contributed by atoms with Crippen LogP contribution >= 0.6 is 0 Å². The summed E-state index contributed by atoms with van der Waals surface area (Å²) in [7, 11) is 1.41. The molecule has 0 unspecified atom stereocenters. The van der Waals surface area contributed by atoms with Gasteiger partial charge in [0.1, 0.15) is 0 Å². The van der Waals surface area contributed by atoms with Crippen molar-refractivity contribution in [2.45, 2.75) is 19.8 Å². The van der Waals surface area contributed by atoms with Crippen LogP contribution in [0.1, 0.15) is 19.8 Å². The average molecular weight is 133 g/mol. The van der Waals surface area contributed by atoms with Crippen LogP contribution in [0.3, 0.4) is 0 Å². The third kappa shape index (κ3) is 6.14. The van der Waals surface area contributed by atoms with E-state index in [0.29, 0.717) is 0 Å². The van der Waals surface area contributed by atoms with Gasteiger partial charge < -0.3 is 9.41 Å². The molecule has 0 aromatic rings. The molecule has 50 valence electrons. The van der Waals surface area contributed by atoms with E-state index in [9.17, 15) is 0 Å². The molecule has 0 heterocycles. The Hall–Kier alpha value is 0.137. The van der Waals surface area contributed by atoms with Gasteiger partial charge in [-0.05, 0) is 13.0 Å². The van der Waals surface area contributed by atoms with Crippen molar-refractivity contribution < 1.29 is 4.43 Å². The molecule has 0 aliphatic rings. The zero-order chi connectivity index (χ0) is 6.24. The van der Waals surface area contributed by atoms with Crippen LogP contribution in [0.5, 0.6) is 0 Å². The van der Waals surface area contributed by atoms with Crippen molar-refractivity contribution in [3.8, 4) is 0 Å². The fourth-order valence-corrected chi connectivity index (χ4v) is 1.07. The Kier molecular flexibility index (Phi) is 7.26. The van der Waals surface area contributed by atoms with Crippen LogP contribution in [0.4, 0.5) is 0 Å². The van der Waals surface area contributed by atoms with E-state index in [0.717, 1.165) is 6.54 Å². The first-order chi connectivity index (χ1) is 3.91. The van der Waals surface area contributed by atoms with Gasteiger partial charge in [0.2, 0.25) is 9.92 Å². The van der Waals surface area contributed by atoms with E-state index < -0.39 is 0 Å². The smallest absolute Gasteiger partial charge is 0.235 e. The Labute approximate surface area is 53.6 Å². The Balaban J connectivity index is 2.53. The summed E-state index contributed by atoms with van der Waals surface area (Å²) < 4.78 is 4.92. The lowest BCUT2D eigenvalue weighted by atomic mass is 10.3. The molecule has 0 bridgehead atoms. The summed E-state index contributed by atoms with van der Waals surface area (Å²) in [5.74, 6) is 0. The molecule has 0 rings (SSSR count). The highest BCUT2D eigenvalue weighted by Crippen LogP contribution is 1.80. The Bertz CT molecular complexity index is 37.4. The van der Waals surface area contributed by atoms with Gasteiger partial charge in [-0.15, -0.1) is 0 Å². The van der Waals surface area contributed by atoms with Crippen molar-refractivity contribution in [3.63, 3.8) is 0 Å². The Morgan fingerprint density at radius 2 is 2.38 bits per heavy atom. The lowest BCUT2D eigenvalue weighted by molar-refractivity contribution is 0.430. The summed E-state index contributed by atoms with van der Waals surface area (Å²) in [6.45, 7) is 3.33. The SMILES string of the molecule is CCCCN[SiH2]OC. The predicted octanol–water partition coefficient (Wildman–Crippen LogP) is 0.0213. The highest BCUT2D eigenvalue weighted by Gasteiger charge is 1.81. The van der Waals surface area contributed by atoms with E-state index in [-0.39, 0.29) is 9.92 Å². The molecule has 0 spiro atoms. The van der Waals surface area contributed by atoms with Crippen molar-refractivity contribution in [2.24, 2.45) is 0 Å². The van der Waals surface area contributed by atoms with E-state index in [1.807, 2.05) is 0 Å². The van der Waals surface area contributed by atoms with Gasteiger partial charge in [-0.3, -0.25) is 0 Å². The minimum absolute atomic E-state index is 0.349. The highest BCUT2D eigenvalue weighted by atomic mass is 28.2. The maximum Gasteiger partial charge on any atom is 0.235 e. The molecule has 8 heavy (non-hydrogen) atoms. The molecule has 0 saturated heterocycles. The van der Waals surface area contributed by atoms with Gasteiger partial charge >= 0.3 is 0 Å². The number of rotatable bonds is 5. The third-order valence-corrected chi connectivity index (χ3v) is 1.80. The van der Waals surface area contributed by atoms with Crippen LogP contribution in [0, 0.1) is 0 Å². The fourth-order valence-electron chi connectivity index (χ4n) is 0.476. The second-order valence-electron chi connectivity index (χ2n) is 1.79. The first-order valence-electron chi connectivity index (χ1n) is 3.11. The molecule has 3 heteroatoms. The molecule has 0 aromatic carbocycles. The van der Waals surface area contributed by atoms with Gasteiger partial charge in [-0.2, -0.15) is 0 Å². The maximum atomic E-state index is 4.92. The zero-order valence-electron chi connectivity index (χ0n) is 5.74. The number of hydrogen-bond acceptors (Lipinski definition) is 2. The molecule has 0 aliphatic carbocycles. The summed E-state index contributed by atoms with van der Waals surface area (Å²) in [6, 6.07) is 0. The summed E-state index contributed by atoms with van der Waals surface area (Å²) in [5, 5.41) is 0. The second kappa shape index (κ2) is 7.14. The second-order valence-corrected chi connectivity index (χ2v) is 3.15. The molecule has 0 atom stereocenters. The van der Waals surface area contributed by atoms with Crippen LogP contribution in [0.2, 0.25) is 0 Å².